The van der Waals surface area contributed by atoms with Crippen molar-refractivity contribution >= 4 is 27.9 Å². The number of nitrogens with one attached hydrogen (secondary N) is 3. The molecule has 12 heteroatoms. The summed E-state index contributed by atoms with van der Waals surface area (Å²) in [6.07, 6.45) is 0.249. The minimum atomic E-state index is -3.72. The van der Waals surface area contributed by atoms with Gasteiger partial charge >= 0.3 is 6.09 Å². The minimum absolute atomic E-state index is 0.118. The van der Waals surface area contributed by atoms with Gasteiger partial charge in [-0.1, -0.05) is 39.3 Å². The quantitative estimate of drug-likeness (QED) is 0.313. The second-order valence-corrected chi connectivity index (χ2v) is 12.3. The number of carbonyl (C=O) groups is 3. The summed E-state index contributed by atoms with van der Waals surface area (Å²) in [5, 5.41) is 14.4. The van der Waals surface area contributed by atoms with Crippen LogP contribution >= 0.6 is 0 Å². The van der Waals surface area contributed by atoms with Crippen LogP contribution in [0.3, 0.4) is 0 Å². The van der Waals surface area contributed by atoms with E-state index in [0.717, 1.165) is 5.56 Å². The lowest BCUT2D eigenvalue weighted by Crippen LogP contribution is -2.59. The van der Waals surface area contributed by atoms with E-state index in [1.54, 1.807) is 65.8 Å². The van der Waals surface area contributed by atoms with Gasteiger partial charge in [0.25, 0.3) is 0 Å². The molecule has 0 heterocycles. The van der Waals surface area contributed by atoms with Gasteiger partial charge in [0, 0.05) is 13.1 Å². The number of benzene rings is 1. The Morgan fingerprint density at radius 1 is 1.08 bits per heavy atom. The lowest BCUT2D eigenvalue weighted by molar-refractivity contribution is -0.131. The van der Waals surface area contributed by atoms with Crippen LogP contribution in [0.15, 0.2) is 24.3 Å². The first kappa shape index (κ1) is 33.9. The average Bonchev–Trinajstić information content (AvgIpc) is 2.86. The molecule has 0 aliphatic heterocycles. The van der Waals surface area contributed by atoms with Crippen LogP contribution in [0.1, 0.15) is 72.4 Å². The maximum absolute atomic E-state index is 13.4. The number of carbonyl (C=O) groups excluding carboxylic acids is 3. The molecule has 0 saturated heterocycles. The number of rotatable bonds is 14. The number of hydrogen-bond acceptors (Lipinski definition) is 7. The van der Waals surface area contributed by atoms with Gasteiger partial charge in [0.2, 0.25) is 21.8 Å². The highest BCUT2D eigenvalue weighted by molar-refractivity contribution is 7.89. The van der Waals surface area contributed by atoms with Crippen LogP contribution in [0.2, 0.25) is 0 Å². The van der Waals surface area contributed by atoms with E-state index < -0.39 is 45.6 Å². The van der Waals surface area contributed by atoms with Gasteiger partial charge in [0.15, 0.2) is 0 Å². The van der Waals surface area contributed by atoms with Crippen molar-refractivity contribution in [1.82, 2.24) is 20.3 Å². The molecule has 3 atom stereocenters. The fraction of sp³-hybridized carbons (Fsp3) is 0.630. The Morgan fingerprint density at radius 3 is 2.18 bits per heavy atom. The SMILES string of the molecule is CCCS(=O)(=O)N[C@@H](C(=O)N[C@@H](CN(CC)C(=O)OC(C)(C)C)C(=O)NCc1ccc(C#N)cc1)C(C)CC. The second-order valence-electron chi connectivity index (χ2n) is 10.4. The molecule has 3 amide bonds. The van der Waals surface area contributed by atoms with Crippen LogP contribution in [0.5, 0.6) is 0 Å². The van der Waals surface area contributed by atoms with E-state index in [-0.39, 0.29) is 31.3 Å². The molecule has 1 unspecified atom stereocenters. The van der Waals surface area contributed by atoms with Gasteiger partial charge in [-0.05, 0) is 57.7 Å². The van der Waals surface area contributed by atoms with Crippen LogP contribution in [0, 0.1) is 17.2 Å². The number of hydrogen-bond donors (Lipinski definition) is 3. The first-order chi connectivity index (χ1) is 18.2. The van der Waals surface area contributed by atoms with Crippen LogP contribution in [0.25, 0.3) is 0 Å². The number of sulfonamides is 1. The zero-order chi connectivity index (χ0) is 29.8. The third-order valence-corrected chi connectivity index (χ3v) is 7.45. The molecule has 1 aromatic rings. The molecule has 1 aromatic carbocycles. The van der Waals surface area contributed by atoms with Crippen molar-refractivity contribution in [1.29, 1.82) is 5.26 Å². The van der Waals surface area contributed by atoms with Crippen molar-refractivity contribution in [2.24, 2.45) is 5.92 Å². The van der Waals surface area contributed by atoms with E-state index in [2.05, 4.69) is 15.4 Å². The molecule has 0 spiro atoms. The van der Waals surface area contributed by atoms with E-state index in [0.29, 0.717) is 18.4 Å². The van der Waals surface area contributed by atoms with E-state index in [9.17, 15) is 22.8 Å². The Morgan fingerprint density at radius 2 is 1.69 bits per heavy atom. The molecule has 3 N–H and O–H groups in total. The third-order valence-electron chi connectivity index (χ3n) is 5.89. The van der Waals surface area contributed by atoms with Gasteiger partial charge in [-0.15, -0.1) is 0 Å². The number of amides is 3. The van der Waals surface area contributed by atoms with Crippen molar-refractivity contribution in [3.8, 4) is 6.07 Å². The summed E-state index contributed by atoms with van der Waals surface area (Å²) in [5.74, 6) is -1.71. The fourth-order valence-electron chi connectivity index (χ4n) is 3.53. The van der Waals surface area contributed by atoms with Gasteiger partial charge in [0.05, 0.1) is 23.9 Å². The molecule has 0 saturated carbocycles. The maximum atomic E-state index is 13.4. The molecule has 0 fully saturated rings. The van der Waals surface area contributed by atoms with Gasteiger partial charge in [-0.25, -0.2) is 17.9 Å². The maximum Gasteiger partial charge on any atom is 0.410 e. The Kier molecular flexibility index (Phi) is 13.4. The van der Waals surface area contributed by atoms with Gasteiger partial charge in [-0.2, -0.15) is 5.26 Å². The monoisotopic (exact) mass is 565 g/mol. The summed E-state index contributed by atoms with van der Waals surface area (Å²) in [5.41, 5.74) is 0.449. The smallest absolute Gasteiger partial charge is 0.410 e. The summed E-state index contributed by atoms with van der Waals surface area (Å²) in [4.78, 5) is 40.7. The molecule has 11 nitrogen and oxygen atoms in total. The topological polar surface area (TPSA) is 158 Å². The Balaban J connectivity index is 3.21. The number of nitriles is 1. The average molecular weight is 566 g/mol. The molecular formula is C27H43N5O6S. The highest BCUT2D eigenvalue weighted by Gasteiger charge is 2.33. The number of likely N-dealkylation sites (N-methyl/N-ethyl adjacent to an activating group) is 1. The molecular weight excluding hydrogens is 522 g/mol. The van der Waals surface area contributed by atoms with Gasteiger partial charge in [0.1, 0.15) is 17.7 Å². The van der Waals surface area contributed by atoms with Gasteiger partial charge in [-0.3, -0.25) is 9.59 Å². The number of ether oxygens (including phenoxy) is 1. The summed E-state index contributed by atoms with van der Waals surface area (Å²) >= 11 is 0. The second kappa shape index (κ2) is 15.4. The molecule has 0 radical (unpaired) electrons. The summed E-state index contributed by atoms with van der Waals surface area (Å²) in [6.45, 7) is 12.3. The van der Waals surface area contributed by atoms with Crippen molar-refractivity contribution in [2.45, 2.75) is 85.5 Å². The highest BCUT2D eigenvalue weighted by atomic mass is 32.2. The fourth-order valence-corrected chi connectivity index (χ4v) is 4.91. The third kappa shape index (κ3) is 12.0. The van der Waals surface area contributed by atoms with Crippen molar-refractivity contribution in [3.63, 3.8) is 0 Å². The Bertz CT molecular complexity index is 1110. The van der Waals surface area contributed by atoms with Crippen LogP contribution in [-0.2, 0) is 30.9 Å². The van der Waals surface area contributed by atoms with Gasteiger partial charge < -0.3 is 20.3 Å². The Labute approximate surface area is 232 Å². The number of nitrogens with zero attached hydrogens (tertiary/aromatic N) is 2. The van der Waals surface area contributed by atoms with Crippen molar-refractivity contribution < 1.29 is 27.5 Å². The van der Waals surface area contributed by atoms with E-state index >= 15 is 0 Å². The Hall–Kier alpha value is -3.17. The standard InChI is InChI=1S/C27H43N5O6S/c1-8-15-39(36,37)31-23(19(4)9-2)25(34)30-22(18-32(10-3)26(35)38-27(5,6)7)24(33)29-17-21-13-11-20(16-28)12-14-21/h11-14,19,22-23,31H,8-10,15,17-18H2,1-7H3,(H,29,33)(H,30,34)/t19?,22-,23+/m0/s1. The van der Waals surface area contributed by atoms with E-state index in [4.69, 9.17) is 10.00 Å². The molecule has 218 valence electrons. The van der Waals surface area contributed by atoms with Crippen LogP contribution < -0.4 is 15.4 Å². The van der Waals surface area contributed by atoms with E-state index in [1.165, 1.54) is 4.90 Å². The summed E-state index contributed by atoms with van der Waals surface area (Å²) in [6, 6.07) is 6.39. The van der Waals surface area contributed by atoms with Crippen LogP contribution in [-0.4, -0.2) is 67.8 Å². The first-order valence-corrected chi connectivity index (χ1v) is 14.9. The molecule has 1 rings (SSSR count). The van der Waals surface area contributed by atoms with E-state index in [1.807, 2.05) is 13.0 Å². The molecule has 0 bridgehead atoms. The molecule has 0 aromatic heterocycles. The predicted octanol–water partition coefficient (Wildman–Crippen LogP) is 2.66. The molecule has 39 heavy (non-hydrogen) atoms. The minimum Gasteiger partial charge on any atom is -0.444 e. The highest BCUT2D eigenvalue weighted by Crippen LogP contribution is 2.13. The largest absolute Gasteiger partial charge is 0.444 e. The zero-order valence-electron chi connectivity index (χ0n) is 24.0. The molecule has 0 aliphatic carbocycles. The van der Waals surface area contributed by atoms with Crippen molar-refractivity contribution in [3.05, 3.63) is 35.4 Å². The summed E-state index contributed by atoms with van der Waals surface area (Å²) in [7, 11) is -3.72. The van der Waals surface area contributed by atoms with Crippen LogP contribution in [0.4, 0.5) is 4.79 Å². The van der Waals surface area contributed by atoms with Crippen molar-refractivity contribution in [2.75, 3.05) is 18.8 Å². The first-order valence-electron chi connectivity index (χ1n) is 13.2. The normalized spacial score (nSPS) is 13.9. The lowest BCUT2D eigenvalue weighted by Gasteiger charge is -2.31. The zero-order valence-corrected chi connectivity index (χ0v) is 24.9. The summed E-state index contributed by atoms with van der Waals surface area (Å²) < 4.78 is 32.9. The predicted molar refractivity (Wildman–Crippen MR) is 149 cm³/mol. The lowest BCUT2D eigenvalue weighted by atomic mass is 9.99. The molecule has 0 aliphatic rings.